The summed E-state index contributed by atoms with van der Waals surface area (Å²) >= 11 is 5.80. The molecule has 1 aliphatic rings. The third kappa shape index (κ3) is 3.43. The Morgan fingerprint density at radius 3 is 2.83 bits per heavy atom. The number of benzene rings is 1. The van der Waals surface area contributed by atoms with Crippen LogP contribution >= 0.6 is 11.6 Å². The normalized spacial score (nSPS) is 16.7. The third-order valence-corrected chi connectivity index (χ3v) is 3.04. The number of carboxylic acids is 1. The molecule has 0 atom stereocenters. The minimum absolute atomic E-state index is 0.239. The molecule has 5 nitrogen and oxygen atoms in total. The summed E-state index contributed by atoms with van der Waals surface area (Å²) in [6, 6.07) is 4.91. The lowest BCUT2D eigenvalue weighted by molar-refractivity contribution is 0.0105. The van der Waals surface area contributed by atoms with Gasteiger partial charge in [0.2, 0.25) is 0 Å². The monoisotopic (exact) mass is 270 g/mol. The fourth-order valence-corrected chi connectivity index (χ4v) is 1.99. The first-order chi connectivity index (χ1) is 8.66. The number of rotatable bonds is 4. The number of morpholine rings is 1. The summed E-state index contributed by atoms with van der Waals surface area (Å²) < 4.78 is 5.24. The molecule has 18 heavy (non-hydrogen) atoms. The van der Waals surface area contributed by atoms with E-state index in [0.717, 1.165) is 18.7 Å². The van der Waals surface area contributed by atoms with Crippen molar-refractivity contribution in [1.29, 1.82) is 0 Å². The van der Waals surface area contributed by atoms with Crippen molar-refractivity contribution >= 4 is 17.6 Å². The average molecular weight is 271 g/mol. The Balaban J connectivity index is 2.01. The zero-order chi connectivity index (χ0) is 13.0. The van der Waals surface area contributed by atoms with Crippen LogP contribution < -0.4 is 5.43 Å². The molecule has 0 saturated carbocycles. The minimum atomic E-state index is -0.962. The highest BCUT2D eigenvalue weighted by molar-refractivity contribution is 6.30. The molecule has 0 aliphatic carbocycles. The highest BCUT2D eigenvalue weighted by atomic mass is 35.5. The smallest absolute Gasteiger partial charge is 0.336 e. The highest BCUT2D eigenvalue weighted by Gasteiger charge is 2.13. The molecular weight excluding hydrogens is 256 g/mol. The highest BCUT2D eigenvalue weighted by Crippen LogP contribution is 2.16. The van der Waals surface area contributed by atoms with Gasteiger partial charge in [0.05, 0.1) is 18.8 Å². The SMILES string of the molecule is O=C(O)c1cc(Cl)ccc1CNN1CCOCC1. The average Bonchev–Trinajstić information content (AvgIpc) is 2.38. The largest absolute Gasteiger partial charge is 0.478 e. The van der Waals surface area contributed by atoms with E-state index >= 15 is 0 Å². The third-order valence-electron chi connectivity index (χ3n) is 2.81. The predicted octanol–water partition coefficient (Wildman–Crippen LogP) is 1.38. The van der Waals surface area contributed by atoms with Gasteiger partial charge >= 0.3 is 5.97 Å². The summed E-state index contributed by atoms with van der Waals surface area (Å²) in [4.78, 5) is 11.1. The fourth-order valence-electron chi connectivity index (χ4n) is 1.82. The van der Waals surface area contributed by atoms with E-state index < -0.39 is 5.97 Å². The van der Waals surface area contributed by atoms with Gasteiger partial charge in [-0.05, 0) is 17.7 Å². The molecule has 1 aliphatic heterocycles. The Morgan fingerprint density at radius 1 is 1.44 bits per heavy atom. The van der Waals surface area contributed by atoms with Crippen molar-refractivity contribution in [2.75, 3.05) is 26.3 Å². The van der Waals surface area contributed by atoms with Gasteiger partial charge < -0.3 is 9.84 Å². The van der Waals surface area contributed by atoms with Crippen LogP contribution in [0, 0.1) is 0 Å². The van der Waals surface area contributed by atoms with E-state index in [4.69, 9.17) is 21.4 Å². The van der Waals surface area contributed by atoms with Crippen molar-refractivity contribution < 1.29 is 14.6 Å². The van der Waals surface area contributed by atoms with Gasteiger partial charge in [-0.3, -0.25) is 5.43 Å². The molecule has 1 aromatic carbocycles. The van der Waals surface area contributed by atoms with Crippen molar-refractivity contribution in [3.05, 3.63) is 34.3 Å². The fraction of sp³-hybridized carbons (Fsp3) is 0.417. The molecule has 0 radical (unpaired) electrons. The number of carboxylic acid groups (broad SMARTS) is 1. The Labute approximate surface area is 110 Å². The first-order valence-electron chi connectivity index (χ1n) is 5.75. The molecule has 0 spiro atoms. The van der Waals surface area contributed by atoms with Crippen LogP contribution in [0.3, 0.4) is 0 Å². The molecule has 0 bridgehead atoms. The molecule has 2 rings (SSSR count). The number of nitrogens with zero attached hydrogens (tertiary/aromatic N) is 1. The summed E-state index contributed by atoms with van der Waals surface area (Å²) in [5.74, 6) is -0.962. The standard InChI is InChI=1S/C12H15ClN2O3/c13-10-2-1-9(11(7-10)12(16)17)8-14-15-3-5-18-6-4-15/h1-2,7,14H,3-6,8H2,(H,16,17). The topological polar surface area (TPSA) is 61.8 Å². The van der Waals surface area contributed by atoms with E-state index in [9.17, 15) is 4.79 Å². The summed E-state index contributed by atoms with van der Waals surface area (Å²) in [6.45, 7) is 3.46. The number of ether oxygens (including phenoxy) is 1. The maximum atomic E-state index is 11.1. The quantitative estimate of drug-likeness (QED) is 0.865. The van der Waals surface area contributed by atoms with Crippen LogP contribution in [0.1, 0.15) is 15.9 Å². The van der Waals surface area contributed by atoms with Crippen molar-refractivity contribution in [1.82, 2.24) is 10.4 Å². The molecule has 1 saturated heterocycles. The van der Waals surface area contributed by atoms with Crippen LogP contribution in [-0.4, -0.2) is 42.4 Å². The number of aromatic carboxylic acids is 1. The second kappa shape index (κ2) is 6.15. The van der Waals surface area contributed by atoms with Crippen LogP contribution in [0.15, 0.2) is 18.2 Å². The van der Waals surface area contributed by atoms with Crippen molar-refractivity contribution in [2.24, 2.45) is 0 Å². The van der Waals surface area contributed by atoms with Gasteiger partial charge in [-0.1, -0.05) is 17.7 Å². The van der Waals surface area contributed by atoms with Crippen LogP contribution in [0.2, 0.25) is 5.02 Å². The lowest BCUT2D eigenvalue weighted by atomic mass is 10.1. The van der Waals surface area contributed by atoms with Gasteiger partial charge in [-0.2, -0.15) is 0 Å². The number of hydrogen-bond donors (Lipinski definition) is 2. The van der Waals surface area contributed by atoms with Crippen LogP contribution in [0.25, 0.3) is 0 Å². The number of nitrogens with one attached hydrogen (secondary N) is 1. The molecule has 1 fully saturated rings. The predicted molar refractivity (Wildman–Crippen MR) is 67.6 cm³/mol. The number of hydrazine groups is 1. The molecule has 0 unspecified atom stereocenters. The van der Waals surface area contributed by atoms with Crippen molar-refractivity contribution in [3.63, 3.8) is 0 Å². The van der Waals surface area contributed by atoms with Crippen LogP contribution in [0.4, 0.5) is 0 Å². The van der Waals surface area contributed by atoms with E-state index in [2.05, 4.69) is 5.43 Å². The zero-order valence-electron chi connectivity index (χ0n) is 9.86. The number of carbonyl (C=O) groups is 1. The molecule has 1 aromatic rings. The summed E-state index contributed by atoms with van der Waals surface area (Å²) in [5.41, 5.74) is 4.16. The molecule has 98 valence electrons. The summed E-state index contributed by atoms with van der Waals surface area (Å²) in [5, 5.41) is 11.6. The maximum absolute atomic E-state index is 11.1. The van der Waals surface area contributed by atoms with E-state index in [0.29, 0.717) is 24.8 Å². The van der Waals surface area contributed by atoms with Crippen LogP contribution in [-0.2, 0) is 11.3 Å². The van der Waals surface area contributed by atoms with Gasteiger partial charge in [-0.25, -0.2) is 9.80 Å². The maximum Gasteiger partial charge on any atom is 0.336 e. The molecule has 2 N–H and O–H groups in total. The molecule has 6 heteroatoms. The lowest BCUT2D eigenvalue weighted by Gasteiger charge is -2.27. The first kappa shape index (κ1) is 13.3. The summed E-state index contributed by atoms with van der Waals surface area (Å²) in [7, 11) is 0. The second-order valence-corrected chi connectivity index (χ2v) is 4.48. The molecular formula is C12H15ClN2O3. The zero-order valence-corrected chi connectivity index (χ0v) is 10.6. The van der Waals surface area contributed by atoms with Crippen molar-refractivity contribution in [2.45, 2.75) is 6.54 Å². The Kier molecular flexibility index (Phi) is 4.54. The Bertz CT molecular complexity index is 433. The van der Waals surface area contributed by atoms with Gasteiger partial charge in [0, 0.05) is 24.7 Å². The minimum Gasteiger partial charge on any atom is -0.478 e. The van der Waals surface area contributed by atoms with E-state index in [1.54, 1.807) is 12.1 Å². The molecule has 0 amide bonds. The molecule has 1 heterocycles. The summed E-state index contributed by atoms with van der Waals surface area (Å²) in [6.07, 6.45) is 0. The van der Waals surface area contributed by atoms with E-state index in [1.807, 2.05) is 5.01 Å². The van der Waals surface area contributed by atoms with Crippen molar-refractivity contribution in [3.8, 4) is 0 Å². The van der Waals surface area contributed by atoms with Gasteiger partial charge in [0.15, 0.2) is 0 Å². The Hall–Kier alpha value is -1.14. The number of halogens is 1. The molecule has 0 aromatic heterocycles. The van der Waals surface area contributed by atoms with E-state index in [1.165, 1.54) is 6.07 Å². The lowest BCUT2D eigenvalue weighted by Crippen LogP contribution is -2.45. The van der Waals surface area contributed by atoms with Crippen LogP contribution in [0.5, 0.6) is 0 Å². The van der Waals surface area contributed by atoms with Gasteiger partial charge in [0.25, 0.3) is 0 Å². The first-order valence-corrected chi connectivity index (χ1v) is 6.12. The van der Waals surface area contributed by atoms with Gasteiger partial charge in [0.1, 0.15) is 0 Å². The second-order valence-electron chi connectivity index (χ2n) is 4.04. The van der Waals surface area contributed by atoms with Gasteiger partial charge in [-0.15, -0.1) is 0 Å². The van der Waals surface area contributed by atoms with E-state index in [-0.39, 0.29) is 5.56 Å². The number of hydrogen-bond acceptors (Lipinski definition) is 4. The Morgan fingerprint density at radius 2 is 2.17 bits per heavy atom.